The fraction of sp³-hybridized carbons (Fsp3) is 0.296. The van der Waals surface area contributed by atoms with E-state index in [0.717, 1.165) is 22.1 Å². The van der Waals surface area contributed by atoms with E-state index in [-0.39, 0.29) is 24.2 Å². The summed E-state index contributed by atoms with van der Waals surface area (Å²) in [7, 11) is -3.49. The van der Waals surface area contributed by atoms with Gasteiger partial charge < -0.3 is 13.9 Å². The first kappa shape index (κ1) is 23.4. The number of fused-ring (bicyclic) bond motifs is 1. The van der Waals surface area contributed by atoms with Gasteiger partial charge in [-0.25, -0.2) is 8.42 Å². The van der Waals surface area contributed by atoms with Crippen LogP contribution >= 0.6 is 0 Å². The Morgan fingerprint density at radius 1 is 1.03 bits per heavy atom. The van der Waals surface area contributed by atoms with Crippen molar-refractivity contribution in [1.82, 2.24) is 13.8 Å². The average Bonchev–Trinajstić information content (AvgIpc) is 3.42. The van der Waals surface area contributed by atoms with E-state index < -0.39 is 10.0 Å². The maximum Gasteiger partial charge on any atom is 0.270 e. The number of benzene rings is 2. The average molecular weight is 492 g/mol. The highest BCUT2D eigenvalue weighted by Gasteiger charge is 2.35. The predicted molar refractivity (Wildman–Crippen MR) is 136 cm³/mol. The smallest absolute Gasteiger partial charge is 0.270 e. The van der Waals surface area contributed by atoms with Crippen LogP contribution in [0.4, 0.5) is 0 Å². The van der Waals surface area contributed by atoms with Crippen molar-refractivity contribution >= 4 is 27.0 Å². The van der Waals surface area contributed by atoms with Crippen molar-refractivity contribution in [2.24, 2.45) is 0 Å². The van der Waals surface area contributed by atoms with Crippen molar-refractivity contribution in [3.8, 4) is 0 Å². The van der Waals surface area contributed by atoms with Crippen LogP contribution in [0.3, 0.4) is 0 Å². The number of aromatic nitrogens is 1. The van der Waals surface area contributed by atoms with Gasteiger partial charge in [0.2, 0.25) is 15.7 Å². The summed E-state index contributed by atoms with van der Waals surface area (Å²) in [5.41, 5.74) is 4.23. The van der Waals surface area contributed by atoms with Gasteiger partial charge in [-0.15, -0.1) is 0 Å². The second-order valence-corrected chi connectivity index (χ2v) is 11.1. The van der Waals surface area contributed by atoms with Gasteiger partial charge in [0.1, 0.15) is 5.69 Å². The summed E-state index contributed by atoms with van der Waals surface area (Å²) in [5, 5.41) is 0.874. The molecule has 1 aliphatic heterocycles. The van der Waals surface area contributed by atoms with Crippen LogP contribution in [-0.4, -0.2) is 53.8 Å². The molecule has 7 nitrogen and oxygen atoms in total. The van der Waals surface area contributed by atoms with Crippen molar-refractivity contribution in [2.45, 2.75) is 32.2 Å². The van der Waals surface area contributed by atoms with E-state index in [9.17, 15) is 13.2 Å². The maximum atomic E-state index is 13.7. The Hall–Kier alpha value is -3.36. The molecular weight excluding hydrogens is 462 g/mol. The van der Waals surface area contributed by atoms with E-state index in [1.54, 1.807) is 11.2 Å². The number of amides is 1. The van der Waals surface area contributed by atoms with Crippen LogP contribution in [0.2, 0.25) is 0 Å². The molecule has 1 fully saturated rings. The first-order valence-electron chi connectivity index (χ1n) is 11.8. The van der Waals surface area contributed by atoms with Gasteiger partial charge in [-0.05, 0) is 42.7 Å². The molecule has 3 heterocycles. The van der Waals surface area contributed by atoms with Crippen LogP contribution in [-0.2, 0) is 22.3 Å². The van der Waals surface area contributed by atoms with E-state index in [1.165, 1.54) is 4.31 Å². The minimum Gasteiger partial charge on any atom is -0.448 e. The molecule has 2 aromatic carbocycles. The third kappa shape index (κ3) is 4.63. The zero-order valence-corrected chi connectivity index (χ0v) is 20.7. The molecule has 0 saturated carbocycles. The van der Waals surface area contributed by atoms with Crippen molar-refractivity contribution in [2.75, 3.05) is 19.6 Å². The quantitative estimate of drug-likeness (QED) is 0.404. The molecule has 1 unspecified atom stereocenters. The standard InChI is InChI=1S/C27H29N3O4S/c1-20-8-6-7-11-24(20)18-29-25(16-23-12-15-34-27(23)29)26(31)28-13-14-30(21(2)17-28)35(32,33)19-22-9-4-3-5-10-22/h3-12,15-16,21H,13-14,17-19H2,1-2H3. The molecule has 5 rings (SSSR count). The van der Waals surface area contributed by atoms with Gasteiger partial charge in [0, 0.05) is 31.1 Å². The monoisotopic (exact) mass is 491 g/mol. The molecule has 8 heteroatoms. The van der Waals surface area contributed by atoms with E-state index in [4.69, 9.17) is 4.42 Å². The summed E-state index contributed by atoms with van der Waals surface area (Å²) in [5.74, 6) is -0.154. The van der Waals surface area contributed by atoms with Crippen LogP contribution < -0.4 is 0 Å². The number of sulfonamides is 1. The third-order valence-corrected chi connectivity index (χ3v) is 8.67. The molecule has 0 N–H and O–H groups in total. The highest BCUT2D eigenvalue weighted by molar-refractivity contribution is 7.88. The maximum absolute atomic E-state index is 13.7. The van der Waals surface area contributed by atoms with Crippen molar-refractivity contribution in [3.05, 3.63) is 95.4 Å². The molecule has 1 amide bonds. The zero-order valence-electron chi connectivity index (χ0n) is 19.9. The Kier molecular flexibility index (Phi) is 6.25. The number of rotatable bonds is 6. The van der Waals surface area contributed by atoms with Gasteiger partial charge >= 0.3 is 0 Å². The second-order valence-electron chi connectivity index (χ2n) is 9.18. The summed E-state index contributed by atoms with van der Waals surface area (Å²) >= 11 is 0. The molecule has 2 aromatic heterocycles. The second kappa shape index (κ2) is 9.36. The first-order chi connectivity index (χ1) is 16.8. The molecule has 0 bridgehead atoms. The van der Waals surface area contributed by atoms with Gasteiger partial charge in [0.15, 0.2) is 0 Å². The van der Waals surface area contributed by atoms with E-state index in [0.29, 0.717) is 31.0 Å². The summed E-state index contributed by atoms with van der Waals surface area (Å²) in [6.07, 6.45) is 1.63. The Labute approximate surface area is 205 Å². The van der Waals surface area contributed by atoms with Crippen LogP contribution in [0.5, 0.6) is 0 Å². The molecule has 182 valence electrons. The van der Waals surface area contributed by atoms with Gasteiger partial charge in [-0.3, -0.25) is 4.79 Å². The highest BCUT2D eigenvalue weighted by Crippen LogP contribution is 2.26. The van der Waals surface area contributed by atoms with Gasteiger partial charge in [0.25, 0.3) is 5.91 Å². The van der Waals surface area contributed by atoms with Crippen LogP contribution in [0.1, 0.15) is 34.1 Å². The predicted octanol–water partition coefficient (Wildman–Crippen LogP) is 4.27. The van der Waals surface area contributed by atoms with Crippen molar-refractivity contribution in [1.29, 1.82) is 0 Å². The van der Waals surface area contributed by atoms with E-state index in [2.05, 4.69) is 19.1 Å². The molecule has 1 atom stereocenters. The summed E-state index contributed by atoms with van der Waals surface area (Å²) in [6, 6.07) is 20.7. The van der Waals surface area contributed by atoms with Crippen molar-refractivity contribution < 1.29 is 17.6 Å². The molecule has 0 spiro atoms. The third-order valence-electron chi connectivity index (χ3n) is 6.71. The van der Waals surface area contributed by atoms with E-state index in [1.807, 2.05) is 66.1 Å². The minimum atomic E-state index is -3.49. The lowest BCUT2D eigenvalue weighted by Crippen LogP contribution is -2.55. The summed E-state index contributed by atoms with van der Waals surface area (Å²) < 4.78 is 35.4. The number of hydrogen-bond acceptors (Lipinski definition) is 4. The molecule has 0 radical (unpaired) electrons. The molecule has 1 aliphatic rings. The minimum absolute atomic E-state index is 0.0399. The fourth-order valence-electron chi connectivity index (χ4n) is 4.84. The lowest BCUT2D eigenvalue weighted by molar-refractivity contribution is 0.0631. The van der Waals surface area contributed by atoms with Crippen molar-refractivity contribution in [3.63, 3.8) is 0 Å². The van der Waals surface area contributed by atoms with Crippen LogP contribution in [0.15, 0.2) is 77.4 Å². The molecule has 35 heavy (non-hydrogen) atoms. The Morgan fingerprint density at radius 2 is 1.77 bits per heavy atom. The highest BCUT2D eigenvalue weighted by atomic mass is 32.2. The van der Waals surface area contributed by atoms with Gasteiger partial charge in [-0.1, -0.05) is 54.6 Å². The largest absolute Gasteiger partial charge is 0.448 e. The number of aryl methyl sites for hydroxylation is 1. The topological polar surface area (TPSA) is 75.8 Å². The molecule has 4 aromatic rings. The fourth-order valence-corrected chi connectivity index (χ4v) is 6.59. The number of nitrogens with zero attached hydrogens (tertiary/aromatic N) is 3. The molecule has 1 saturated heterocycles. The zero-order chi connectivity index (χ0) is 24.6. The van der Waals surface area contributed by atoms with Gasteiger partial charge in [0.05, 0.1) is 18.6 Å². The number of hydrogen-bond donors (Lipinski definition) is 0. The number of carbonyl (C=O) groups is 1. The molecule has 0 aliphatic carbocycles. The summed E-state index contributed by atoms with van der Waals surface area (Å²) in [6.45, 7) is 5.39. The van der Waals surface area contributed by atoms with Crippen LogP contribution in [0.25, 0.3) is 11.1 Å². The summed E-state index contributed by atoms with van der Waals surface area (Å²) in [4.78, 5) is 15.4. The Morgan fingerprint density at radius 3 is 2.51 bits per heavy atom. The SMILES string of the molecule is Cc1ccccc1Cn1c(C(=O)N2CCN(S(=O)(=O)Cc3ccccc3)C(C)C2)cc2ccoc21. The lowest BCUT2D eigenvalue weighted by Gasteiger charge is -2.39. The Balaban J connectivity index is 1.36. The molecular formula is C27H29N3O4S. The number of furan rings is 1. The first-order valence-corrected chi connectivity index (χ1v) is 13.4. The normalized spacial score (nSPS) is 17.2. The number of piperazine rings is 1. The lowest BCUT2D eigenvalue weighted by atomic mass is 10.1. The number of carbonyl (C=O) groups excluding carboxylic acids is 1. The van der Waals surface area contributed by atoms with Crippen LogP contribution in [0, 0.1) is 6.92 Å². The van der Waals surface area contributed by atoms with E-state index >= 15 is 0 Å². The van der Waals surface area contributed by atoms with Gasteiger partial charge in [-0.2, -0.15) is 4.31 Å². The Bertz CT molecular complexity index is 1460.